The Bertz CT molecular complexity index is 941. The molecule has 0 radical (unpaired) electrons. The summed E-state index contributed by atoms with van der Waals surface area (Å²) in [4.78, 5) is 3.70. The van der Waals surface area contributed by atoms with E-state index in [1.165, 1.54) is 0 Å². The summed E-state index contributed by atoms with van der Waals surface area (Å²) in [5.74, 6) is 0. The predicted molar refractivity (Wildman–Crippen MR) is 112 cm³/mol. The van der Waals surface area contributed by atoms with Crippen LogP contribution < -0.4 is 5.46 Å². The molecule has 2 aromatic rings. The Balaban J connectivity index is 1.86. The van der Waals surface area contributed by atoms with Crippen LogP contribution in [0.25, 0.3) is 15.7 Å². The van der Waals surface area contributed by atoms with Gasteiger partial charge in [0.05, 0.1) is 23.9 Å². The molecule has 1 saturated heterocycles. The van der Waals surface area contributed by atoms with Gasteiger partial charge < -0.3 is 19.0 Å². The van der Waals surface area contributed by atoms with E-state index in [1.54, 1.807) is 0 Å². The van der Waals surface area contributed by atoms with E-state index in [0.717, 1.165) is 47.6 Å². The van der Waals surface area contributed by atoms with Gasteiger partial charge in [0.25, 0.3) is 0 Å². The molecule has 28 heavy (non-hydrogen) atoms. The zero-order valence-electron chi connectivity index (χ0n) is 17.5. The second-order valence-corrected chi connectivity index (χ2v) is 9.32. The maximum absolute atomic E-state index is 10.2. The fourth-order valence-corrected chi connectivity index (χ4v) is 4.39. The summed E-state index contributed by atoms with van der Waals surface area (Å²) in [5.41, 5.74) is 2.86. The van der Waals surface area contributed by atoms with Gasteiger partial charge in [-0.25, -0.2) is 4.85 Å². The Hall–Kier alpha value is -1.81. The molecule has 0 bridgehead atoms. The van der Waals surface area contributed by atoms with E-state index in [9.17, 15) is 5.11 Å². The summed E-state index contributed by atoms with van der Waals surface area (Å²) in [7, 11) is -0.469. The third-order valence-corrected chi connectivity index (χ3v) is 6.82. The molecule has 6 heteroatoms. The first kappa shape index (κ1) is 19.5. The summed E-state index contributed by atoms with van der Waals surface area (Å²) in [5, 5.41) is 11.2. The highest BCUT2D eigenvalue weighted by Crippen LogP contribution is 2.39. The normalized spacial score (nSPS) is 26.5. The van der Waals surface area contributed by atoms with E-state index in [0.29, 0.717) is 5.69 Å². The van der Waals surface area contributed by atoms with Crippen LogP contribution in [0, 0.1) is 13.5 Å². The molecule has 0 amide bonds. The van der Waals surface area contributed by atoms with Crippen LogP contribution >= 0.6 is 0 Å². The zero-order valence-corrected chi connectivity index (χ0v) is 17.5. The molecule has 2 heterocycles. The molecule has 2 atom stereocenters. The maximum atomic E-state index is 10.2. The van der Waals surface area contributed by atoms with Crippen LogP contribution in [0.2, 0.25) is 0 Å². The van der Waals surface area contributed by atoms with E-state index in [2.05, 4.69) is 49.4 Å². The molecule has 148 valence electrons. The minimum Gasteiger partial charge on any atom is -0.399 e. The highest BCUT2D eigenvalue weighted by atomic mass is 16.7. The molecule has 1 aliphatic carbocycles. The average molecular weight is 380 g/mol. The number of rotatable bonds is 2. The van der Waals surface area contributed by atoms with Gasteiger partial charge in [-0.1, -0.05) is 0 Å². The fraction of sp³-hybridized carbons (Fsp3) is 0.591. The van der Waals surface area contributed by atoms with Crippen LogP contribution in [-0.2, 0) is 9.31 Å². The van der Waals surface area contributed by atoms with E-state index >= 15 is 0 Å². The van der Waals surface area contributed by atoms with Crippen molar-refractivity contribution in [3.8, 4) is 0 Å². The molecule has 0 unspecified atom stereocenters. The van der Waals surface area contributed by atoms with E-state index in [-0.39, 0.29) is 12.1 Å². The second kappa shape index (κ2) is 6.62. The predicted octanol–water partition coefficient (Wildman–Crippen LogP) is 4.28. The van der Waals surface area contributed by atoms with Crippen molar-refractivity contribution in [3.05, 3.63) is 35.3 Å². The average Bonchev–Trinajstić information content (AvgIpc) is 3.08. The topological polar surface area (TPSA) is 48.0 Å². The molecule has 1 aromatic carbocycles. The zero-order chi connectivity index (χ0) is 20.3. The number of aliphatic hydroxyl groups excluding tert-OH is 1. The van der Waals surface area contributed by atoms with Crippen molar-refractivity contribution in [1.82, 2.24) is 4.57 Å². The van der Waals surface area contributed by atoms with E-state index in [4.69, 9.17) is 15.9 Å². The third kappa shape index (κ3) is 3.06. The van der Waals surface area contributed by atoms with Crippen LogP contribution in [0.5, 0.6) is 0 Å². The smallest absolute Gasteiger partial charge is 0.399 e. The highest BCUT2D eigenvalue weighted by Gasteiger charge is 2.52. The number of benzene rings is 1. The monoisotopic (exact) mass is 380 g/mol. The lowest BCUT2D eigenvalue weighted by Gasteiger charge is -2.32. The Morgan fingerprint density at radius 3 is 2.46 bits per heavy atom. The SMILES string of the molecule is [C-]#[N+]c1cc2c(B3OC(C)(C)C(C)(C)O3)cn([C@@H]3CCC[C@@H](O)C3)c2cc1C. The number of fused-ring (bicyclic) bond motifs is 1. The Labute approximate surface area is 167 Å². The standard InChI is InChI=1S/C22H29BN2O3/c1-14-10-20-17(12-19(14)24-6)18(23-27-21(2,3)22(4,5)28-23)13-25(20)15-8-7-9-16(26)11-15/h10,12-13,15-16,26H,7-9,11H2,1-5H3/t15-,16-/m1/s1. The van der Waals surface area contributed by atoms with Gasteiger partial charge in [-0.15, -0.1) is 0 Å². The van der Waals surface area contributed by atoms with Gasteiger partial charge >= 0.3 is 7.12 Å². The van der Waals surface area contributed by atoms with Gasteiger partial charge in [0.15, 0.2) is 5.69 Å². The number of aliphatic hydroxyl groups is 1. The second-order valence-electron chi connectivity index (χ2n) is 9.32. The summed E-state index contributed by atoms with van der Waals surface area (Å²) >= 11 is 0. The number of aryl methyl sites for hydroxylation is 1. The summed E-state index contributed by atoms with van der Waals surface area (Å²) < 4.78 is 14.9. The van der Waals surface area contributed by atoms with Crippen LogP contribution in [0.15, 0.2) is 18.3 Å². The molecule has 4 rings (SSSR count). The lowest BCUT2D eigenvalue weighted by molar-refractivity contribution is 0.00578. The first-order valence-corrected chi connectivity index (χ1v) is 10.2. The molecular weight excluding hydrogens is 351 g/mol. The molecule has 1 saturated carbocycles. The van der Waals surface area contributed by atoms with Gasteiger partial charge in [-0.2, -0.15) is 0 Å². The van der Waals surface area contributed by atoms with Crippen molar-refractivity contribution in [3.63, 3.8) is 0 Å². The molecular formula is C22H29BN2O3. The van der Waals surface area contributed by atoms with Gasteiger partial charge in [-0.3, -0.25) is 0 Å². The highest BCUT2D eigenvalue weighted by molar-refractivity contribution is 6.65. The summed E-state index contributed by atoms with van der Waals surface area (Å²) in [6, 6.07) is 4.31. The molecule has 1 aromatic heterocycles. The summed E-state index contributed by atoms with van der Waals surface area (Å²) in [6.07, 6.45) is 5.59. The Morgan fingerprint density at radius 2 is 1.86 bits per heavy atom. The minimum atomic E-state index is -0.469. The maximum Gasteiger partial charge on any atom is 0.496 e. The van der Waals surface area contributed by atoms with Crippen LogP contribution in [0.4, 0.5) is 5.69 Å². The van der Waals surface area contributed by atoms with Gasteiger partial charge in [0, 0.05) is 23.2 Å². The van der Waals surface area contributed by atoms with Gasteiger partial charge in [-0.05, 0) is 83.4 Å². The van der Waals surface area contributed by atoms with Crippen LogP contribution in [0.1, 0.15) is 65.0 Å². The lowest BCUT2D eigenvalue weighted by atomic mass is 9.79. The third-order valence-electron chi connectivity index (χ3n) is 6.82. The molecule has 2 fully saturated rings. The van der Waals surface area contributed by atoms with Gasteiger partial charge in [0.1, 0.15) is 0 Å². The Morgan fingerprint density at radius 1 is 1.18 bits per heavy atom. The van der Waals surface area contributed by atoms with Crippen LogP contribution in [-0.4, -0.2) is 34.1 Å². The number of hydrogen-bond acceptors (Lipinski definition) is 3. The first-order chi connectivity index (χ1) is 13.1. The van der Waals surface area contributed by atoms with E-state index < -0.39 is 18.3 Å². The molecule has 2 aliphatic rings. The van der Waals surface area contributed by atoms with E-state index in [1.807, 2.05) is 13.0 Å². The minimum absolute atomic E-state index is 0.250. The summed E-state index contributed by atoms with van der Waals surface area (Å²) in [6.45, 7) is 17.7. The van der Waals surface area contributed by atoms with Crippen molar-refractivity contribution in [2.24, 2.45) is 0 Å². The quantitative estimate of drug-likeness (QED) is 0.625. The van der Waals surface area contributed by atoms with Crippen molar-refractivity contribution < 1.29 is 14.4 Å². The lowest BCUT2D eigenvalue weighted by Crippen LogP contribution is -2.41. The van der Waals surface area contributed by atoms with Crippen LogP contribution in [0.3, 0.4) is 0 Å². The molecule has 0 spiro atoms. The Kier molecular flexibility index (Phi) is 4.61. The van der Waals surface area contributed by atoms with Crippen molar-refractivity contribution in [2.45, 2.75) is 83.6 Å². The number of nitrogens with zero attached hydrogens (tertiary/aromatic N) is 2. The largest absolute Gasteiger partial charge is 0.496 e. The fourth-order valence-electron chi connectivity index (χ4n) is 4.39. The van der Waals surface area contributed by atoms with Crippen molar-refractivity contribution in [1.29, 1.82) is 0 Å². The number of aromatic nitrogens is 1. The molecule has 5 nitrogen and oxygen atoms in total. The van der Waals surface area contributed by atoms with Gasteiger partial charge in [0.2, 0.25) is 0 Å². The first-order valence-electron chi connectivity index (χ1n) is 10.2. The van der Waals surface area contributed by atoms with Crippen molar-refractivity contribution >= 4 is 29.2 Å². The van der Waals surface area contributed by atoms with Crippen molar-refractivity contribution in [2.75, 3.05) is 0 Å². The molecule has 1 N–H and O–H groups in total. The number of hydrogen-bond donors (Lipinski definition) is 1. The molecule has 1 aliphatic heterocycles.